The first-order valence-corrected chi connectivity index (χ1v) is 7.13. The van der Waals surface area contributed by atoms with E-state index in [0.29, 0.717) is 39.6 Å². The highest BCUT2D eigenvalue weighted by Gasteiger charge is 2.01. The molecule has 21 heavy (non-hydrogen) atoms. The summed E-state index contributed by atoms with van der Waals surface area (Å²) in [6.45, 7) is 5.18. The molecule has 0 aliphatic rings. The third kappa shape index (κ3) is 16.6. The molecule has 0 aliphatic heterocycles. The molecule has 0 bridgehead atoms. The van der Waals surface area contributed by atoms with Crippen molar-refractivity contribution in [1.82, 2.24) is 10.6 Å². The van der Waals surface area contributed by atoms with Crippen LogP contribution in [0.5, 0.6) is 0 Å². The van der Waals surface area contributed by atoms with Gasteiger partial charge in [0.25, 0.3) is 0 Å². The van der Waals surface area contributed by atoms with Crippen LogP contribution in [0.2, 0.25) is 0 Å². The quantitative estimate of drug-likeness (QED) is 0.396. The lowest BCUT2D eigenvalue weighted by Gasteiger charge is -2.08. The first-order valence-electron chi connectivity index (χ1n) is 7.13. The van der Waals surface area contributed by atoms with E-state index < -0.39 is 18.5 Å². The number of carboxylic acids is 1. The molecular formula is C13H26N2O6. The van der Waals surface area contributed by atoms with Gasteiger partial charge in [-0.3, -0.25) is 4.79 Å². The van der Waals surface area contributed by atoms with Crippen LogP contribution >= 0.6 is 0 Å². The highest BCUT2D eigenvalue weighted by Crippen LogP contribution is 1.87. The number of carboxylic acid groups (broad SMARTS) is 1. The molecule has 0 saturated carbocycles. The van der Waals surface area contributed by atoms with Gasteiger partial charge < -0.3 is 30.0 Å². The third-order valence-corrected chi connectivity index (χ3v) is 2.32. The topological polar surface area (TPSA) is 106 Å². The molecule has 0 aromatic heterocycles. The molecule has 3 N–H and O–H groups in total. The van der Waals surface area contributed by atoms with Gasteiger partial charge in [0.15, 0.2) is 0 Å². The zero-order valence-electron chi connectivity index (χ0n) is 12.6. The van der Waals surface area contributed by atoms with Crippen LogP contribution in [-0.4, -0.2) is 69.8 Å². The largest absolute Gasteiger partial charge is 0.480 e. The molecule has 0 radical (unpaired) electrons. The SMILES string of the molecule is CCCCOCCOCCOCCNC(=O)NCC(=O)O. The van der Waals surface area contributed by atoms with Gasteiger partial charge in [-0.15, -0.1) is 0 Å². The average molecular weight is 306 g/mol. The maximum absolute atomic E-state index is 11.0. The van der Waals surface area contributed by atoms with E-state index in [4.69, 9.17) is 19.3 Å². The first-order chi connectivity index (χ1) is 10.2. The summed E-state index contributed by atoms with van der Waals surface area (Å²) in [5.74, 6) is -1.09. The minimum atomic E-state index is -1.09. The van der Waals surface area contributed by atoms with Gasteiger partial charge in [0.05, 0.1) is 33.0 Å². The Hall–Kier alpha value is -1.38. The van der Waals surface area contributed by atoms with Gasteiger partial charge in [0, 0.05) is 13.2 Å². The molecule has 8 heteroatoms. The van der Waals surface area contributed by atoms with Crippen LogP contribution in [0.15, 0.2) is 0 Å². The minimum Gasteiger partial charge on any atom is -0.480 e. The number of ether oxygens (including phenoxy) is 3. The molecule has 0 unspecified atom stereocenters. The lowest BCUT2D eigenvalue weighted by atomic mass is 10.4. The van der Waals surface area contributed by atoms with Crippen molar-refractivity contribution in [2.45, 2.75) is 19.8 Å². The molecule has 0 heterocycles. The Morgan fingerprint density at radius 2 is 1.48 bits per heavy atom. The molecule has 124 valence electrons. The molecule has 0 aromatic carbocycles. The number of unbranched alkanes of at least 4 members (excludes halogenated alkanes) is 1. The van der Waals surface area contributed by atoms with E-state index in [0.717, 1.165) is 19.4 Å². The lowest BCUT2D eigenvalue weighted by molar-refractivity contribution is -0.135. The van der Waals surface area contributed by atoms with Crippen molar-refractivity contribution in [3.63, 3.8) is 0 Å². The third-order valence-electron chi connectivity index (χ3n) is 2.32. The zero-order chi connectivity index (χ0) is 15.8. The Kier molecular flexibility index (Phi) is 14.0. The van der Waals surface area contributed by atoms with Gasteiger partial charge in [-0.25, -0.2) is 4.79 Å². The van der Waals surface area contributed by atoms with E-state index in [1.54, 1.807) is 0 Å². The Morgan fingerprint density at radius 3 is 2.05 bits per heavy atom. The lowest BCUT2D eigenvalue weighted by Crippen LogP contribution is -2.39. The fraction of sp³-hybridized carbons (Fsp3) is 0.846. The smallest absolute Gasteiger partial charge is 0.323 e. The van der Waals surface area contributed by atoms with Crippen LogP contribution in [0.3, 0.4) is 0 Å². The van der Waals surface area contributed by atoms with Gasteiger partial charge in [-0.2, -0.15) is 0 Å². The predicted octanol–water partition coefficient (Wildman–Crippen LogP) is 0.220. The summed E-state index contributed by atoms with van der Waals surface area (Å²) in [6, 6.07) is -0.526. The van der Waals surface area contributed by atoms with Crippen molar-refractivity contribution >= 4 is 12.0 Å². The fourth-order valence-corrected chi connectivity index (χ4v) is 1.24. The number of hydrogen-bond acceptors (Lipinski definition) is 5. The molecule has 0 saturated heterocycles. The van der Waals surface area contributed by atoms with Crippen LogP contribution in [0, 0.1) is 0 Å². The summed E-state index contributed by atoms with van der Waals surface area (Å²) in [4.78, 5) is 21.2. The highest BCUT2D eigenvalue weighted by atomic mass is 16.5. The van der Waals surface area contributed by atoms with Gasteiger partial charge in [-0.1, -0.05) is 13.3 Å². The number of rotatable bonds is 14. The second-order valence-corrected chi connectivity index (χ2v) is 4.19. The summed E-state index contributed by atoms with van der Waals surface area (Å²) in [5.41, 5.74) is 0. The maximum Gasteiger partial charge on any atom is 0.323 e. The highest BCUT2D eigenvalue weighted by molar-refractivity contribution is 5.79. The summed E-state index contributed by atoms with van der Waals surface area (Å²) in [7, 11) is 0. The molecule has 8 nitrogen and oxygen atoms in total. The van der Waals surface area contributed by atoms with Gasteiger partial charge in [-0.05, 0) is 6.42 Å². The van der Waals surface area contributed by atoms with Crippen LogP contribution in [0.25, 0.3) is 0 Å². The van der Waals surface area contributed by atoms with E-state index in [9.17, 15) is 9.59 Å². The first kappa shape index (κ1) is 19.6. The average Bonchev–Trinajstić information content (AvgIpc) is 2.46. The number of amides is 2. The van der Waals surface area contributed by atoms with Crippen molar-refractivity contribution in [2.75, 3.05) is 52.7 Å². The van der Waals surface area contributed by atoms with E-state index in [2.05, 4.69) is 17.6 Å². The second kappa shape index (κ2) is 15.0. The number of nitrogens with one attached hydrogen (secondary N) is 2. The molecule has 2 amide bonds. The summed E-state index contributed by atoms with van der Waals surface area (Å²) in [6.07, 6.45) is 2.19. The number of hydrogen-bond donors (Lipinski definition) is 3. The monoisotopic (exact) mass is 306 g/mol. The molecule has 0 rings (SSSR count). The number of carbonyl (C=O) groups is 2. The van der Waals surface area contributed by atoms with Gasteiger partial charge in [0.2, 0.25) is 0 Å². The van der Waals surface area contributed by atoms with Crippen molar-refractivity contribution < 1.29 is 28.9 Å². The number of carbonyl (C=O) groups excluding carboxylic acids is 1. The Balaban J connectivity index is 3.12. The van der Waals surface area contributed by atoms with Crippen LogP contribution in [0.1, 0.15) is 19.8 Å². The normalized spacial score (nSPS) is 10.3. The zero-order valence-corrected chi connectivity index (χ0v) is 12.6. The predicted molar refractivity (Wildman–Crippen MR) is 76.4 cm³/mol. The summed E-state index contributed by atoms with van der Waals surface area (Å²) >= 11 is 0. The molecule has 0 atom stereocenters. The van der Waals surface area contributed by atoms with E-state index >= 15 is 0 Å². The van der Waals surface area contributed by atoms with Crippen molar-refractivity contribution in [2.24, 2.45) is 0 Å². The van der Waals surface area contributed by atoms with Crippen LogP contribution < -0.4 is 10.6 Å². The van der Waals surface area contributed by atoms with Crippen molar-refractivity contribution in [1.29, 1.82) is 0 Å². The Morgan fingerprint density at radius 1 is 0.905 bits per heavy atom. The van der Waals surface area contributed by atoms with E-state index in [1.807, 2.05) is 0 Å². The minimum absolute atomic E-state index is 0.311. The molecule has 0 aromatic rings. The van der Waals surface area contributed by atoms with E-state index in [-0.39, 0.29) is 0 Å². The molecule has 0 spiro atoms. The van der Waals surface area contributed by atoms with Crippen molar-refractivity contribution in [3.8, 4) is 0 Å². The molecular weight excluding hydrogens is 280 g/mol. The van der Waals surface area contributed by atoms with Gasteiger partial charge >= 0.3 is 12.0 Å². The number of urea groups is 1. The number of aliphatic carboxylic acids is 1. The van der Waals surface area contributed by atoms with Crippen molar-refractivity contribution in [3.05, 3.63) is 0 Å². The summed E-state index contributed by atoms with van der Waals surface area (Å²) in [5, 5.41) is 13.0. The molecule has 0 fully saturated rings. The van der Waals surface area contributed by atoms with Crippen LogP contribution in [0.4, 0.5) is 4.79 Å². The Bertz CT molecular complexity index is 275. The fourth-order valence-electron chi connectivity index (χ4n) is 1.24. The second-order valence-electron chi connectivity index (χ2n) is 4.19. The van der Waals surface area contributed by atoms with Crippen LogP contribution in [-0.2, 0) is 19.0 Å². The summed E-state index contributed by atoms with van der Waals surface area (Å²) < 4.78 is 15.8. The van der Waals surface area contributed by atoms with Gasteiger partial charge in [0.1, 0.15) is 6.54 Å². The molecule has 0 aliphatic carbocycles. The standard InChI is InChI=1S/C13H26N2O6/c1-2-3-5-19-7-9-21-10-8-20-6-4-14-13(18)15-11-12(16)17/h2-11H2,1H3,(H,16,17)(H2,14,15,18). The Labute approximate surface area is 125 Å². The maximum atomic E-state index is 11.0. The van der Waals surface area contributed by atoms with E-state index in [1.165, 1.54) is 0 Å².